The molecule has 0 atom stereocenters. The lowest BCUT2D eigenvalue weighted by atomic mass is 9.89. The number of ether oxygens (including phenoxy) is 1. The van der Waals surface area contributed by atoms with E-state index in [2.05, 4.69) is 5.32 Å². The minimum atomic E-state index is -1.09. The van der Waals surface area contributed by atoms with Crippen molar-refractivity contribution in [1.82, 2.24) is 0 Å². The number of nitrogens with one attached hydrogen (secondary N) is 1. The summed E-state index contributed by atoms with van der Waals surface area (Å²) in [5.74, 6) is -2.09. The average molecular weight is 252 g/mol. The first-order valence-corrected chi connectivity index (χ1v) is 5.92. The van der Waals surface area contributed by atoms with Gasteiger partial charge in [-0.2, -0.15) is 5.26 Å². The zero-order chi connectivity index (χ0) is 13.1. The van der Waals surface area contributed by atoms with Crippen LogP contribution in [0, 0.1) is 23.0 Å². The van der Waals surface area contributed by atoms with Crippen LogP contribution in [0.25, 0.3) is 0 Å². The summed E-state index contributed by atoms with van der Waals surface area (Å²) < 4.78 is 32.4. The summed E-state index contributed by atoms with van der Waals surface area (Å²) in [6.45, 7) is 2.59. The van der Waals surface area contributed by atoms with Crippen molar-refractivity contribution in [3.05, 3.63) is 29.3 Å². The Morgan fingerprint density at radius 2 is 2.11 bits per heavy atom. The predicted molar refractivity (Wildman–Crippen MR) is 63.1 cm³/mol. The molecule has 0 spiro atoms. The van der Waals surface area contributed by atoms with E-state index in [1.54, 1.807) is 6.07 Å². The van der Waals surface area contributed by atoms with Gasteiger partial charge < -0.3 is 10.1 Å². The van der Waals surface area contributed by atoms with Crippen LogP contribution in [0.15, 0.2) is 12.1 Å². The van der Waals surface area contributed by atoms with Gasteiger partial charge in [-0.1, -0.05) is 0 Å². The maximum absolute atomic E-state index is 13.6. The van der Waals surface area contributed by atoms with E-state index in [1.165, 1.54) is 12.1 Å². The third-order valence-electron chi connectivity index (χ3n) is 3.06. The summed E-state index contributed by atoms with van der Waals surface area (Å²) in [5.41, 5.74) is -0.176. The van der Waals surface area contributed by atoms with E-state index >= 15 is 0 Å². The molecule has 18 heavy (non-hydrogen) atoms. The van der Waals surface area contributed by atoms with Gasteiger partial charge in [0.15, 0.2) is 11.6 Å². The van der Waals surface area contributed by atoms with Crippen molar-refractivity contribution < 1.29 is 13.5 Å². The van der Waals surface area contributed by atoms with Crippen molar-refractivity contribution in [2.75, 3.05) is 11.9 Å². The van der Waals surface area contributed by atoms with Crippen LogP contribution in [0.3, 0.4) is 0 Å². The molecule has 3 nitrogen and oxygen atoms in total. The van der Waals surface area contributed by atoms with Gasteiger partial charge in [0.2, 0.25) is 0 Å². The fraction of sp³-hybridized carbons (Fsp3) is 0.462. The molecule has 1 saturated carbocycles. The lowest BCUT2D eigenvalue weighted by Crippen LogP contribution is -2.41. The topological polar surface area (TPSA) is 45.0 Å². The van der Waals surface area contributed by atoms with E-state index in [-0.39, 0.29) is 23.4 Å². The van der Waals surface area contributed by atoms with Crippen molar-refractivity contribution in [3.8, 4) is 6.07 Å². The average Bonchev–Trinajstić information content (AvgIpc) is 2.32. The van der Waals surface area contributed by atoms with Gasteiger partial charge in [-0.25, -0.2) is 8.78 Å². The summed E-state index contributed by atoms with van der Waals surface area (Å²) >= 11 is 0. The van der Waals surface area contributed by atoms with Crippen LogP contribution in [-0.2, 0) is 4.74 Å². The third kappa shape index (κ3) is 2.44. The Balaban J connectivity index is 2.00. The van der Waals surface area contributed by atoms with Crippen LogP contribution in [-0.4, -0.2) is 18.8 Å². The summed E-state index contributed by atoms with van der Waals surface area (Å²) in [6.07, 6.45) is 1.78. The highest BCUT2D eigenvalue weighted by atomic mass is 19.2. The van der Waals surface area contributed by atoms with Gasteiger partial charge in [0.1, 0.15) is 6.07 Å². The van der Waals surface area contributed by atoms with E-state index in [9.17, 15) is 8.78 Å². The fourth-order valence-corrected chi connectivity index (χ4v) is 2.02. The largest absolute Gasteiger partial charge is 0.380 e. The van der Waals surface area contributed by atoms with Gasteiger partial charge in [-0.15, -0.1) is 0 Å². The lowest BCUT2D eigenvalue weighted by Gasteiger charge is -2.36. The molecule has 0 saturated heterocycles. The number of hydrogen-bond acceptors (Lipinski definition) is 3. The lowest BCUT2D eigenvalue weighted by molar-refractivity contribution is 0.00292. The fourth-order valence-electron chi connectivity index (χ4n) is 2.02. The predicted octanol–water partition coefficient (Wildman–Crippen LogP) is 2.82. The van der Waals surface area contributed by atoms with Crippen LogP contribution in [0.1, 0.15) is 25.3 Å². The van der Waals surface area contributed by atoms with Crippen molar-refractivity contribution in [2.24, 2.45) is 0 Å². The number of hydrogen-bond donors (Lipinski definition) is 1. The molecule has 0 radical (unpaired) electrons. The highest BCUT2D eigenvalue weighted by Gasteiger charge is 2.30. The van der Waals surface area contributed by atoms with Gasteiger partial charge in [-0.05, 0) is 31.9 Å². The Morgan fingerprint density at radius 3 is 2.72 bits per heavy atom. The summed E-state index contributed by atoms with van der Waals surface area (Å²) in [4.78, 5) is 0. The zero-order valence-corrected chi connectivity index (χ0v) is 10.0. The first-order chi connectivity index (χ1) is 8.65. The Hall–Kier alpha value is -1.67. The Bertz CT molecular complexity index is 479. The van der Waals surface area contributed by atoms with Crippen LogP contribution < -0.4 is 5.32 Å². The summed E-state index contributed by atoms with van der Waals surface area (Å²) in [6, 6.07) is 4.38. The van der Waals surface area contributed by atoms with Crippen molar-refractivity contribution in [3.63, 3.8) is 0 Å². The molecule has 96 valence electrons. The molecule has 0 heterocycles. The summed E-state index contributed by atoms with van der Waals surface area (Å²) in [5, 5.41) is 11.5. The molecule has 1 aromatic carbocycles. The van der Waals surface area contributed by atoms with E-state index in [1.807, 2.05) is 6.92 Å². The Labute approximate surface area is 104 Å². The number of anilines is 1. The molecule has 0 bridgehead atoms. The van der Waals surface area contributed by atoms with Crippen molar-refractivity contribution >= 4 is 5.69 Å². The second-order valence-corrected chi connectivity index (χ2v) is 4.29. The zero-order valence-electron chi connectivity index (χ0n) is 10.0. The number of nitrogens with zero attached hydrogens (tertiary/aromatic N) is 1. The van der Waals surface area contributed by atoms with E-state index in [0.29, 0.717) is 6.61 Å². The van der Waals surface area contributed by atoms with E-state index in [0.717, 1.165) is 12.8 Å². The molecule has 0 aliphatic heterocycles. The number of halogens is 2. The minimum Gasteiger partial charge on any atom is -0.380 e. The molecule has 0 unspecified atom stereocenters. The molecule has 1 N–H and O–H groups in total. The van der Waals surface area contributed by atoms with Gasteiger partial charge in [0.05, 0.1) is 17.4 Å². The highest BCUT2D eigenvalue weighted by molar-refractivity contribution is 5.50. The van der Waals surface area contributed by atoms with Crippen molar-refractivity contribution in [1.29, 1.82) is 5.26 Å². The third-order valence-corrected chi connectivity index (χ3v) is 3.06. The second-order valence-electron chi connectivity index (χ2n) is 4.29. The first-order valence-electron chi connectivity index (χ1n) is 5.92. The molecule has 0 aromatic heterocycles. The molecule has 5 heteroatoms. The molecule has 1 aliphatic carbocycles. The van der Waals surface area contributed by atoms with Gasteiger partial charge in [0, 0.05) is 12.6 Å². The molecular weight excluding hydrogens is 238 g/mol. The molecule has 1 aromatic rings. The molecule has 1 aliphatic rings. The summed E-state index contributed by atoms with van der Waals surface area (Å²) in [7, 11) is 0. The first kappa shape index (κ1) is 12.8. The number of rotatable bonds is 4. The van der Waals surface area contributed by atoms with Crippen LogP contribution in [0.5, 0.6) is 0 Å². The van der Waals surface area contributed by atoms with E-state index < -0.39 is 11.6 Å². The molecule has 2 rings (SSSR count). The van der Waals surface area contributed by atoms with Crippen LogP contribution in [0.4, 0.5) is 14.5 Å². The highest BCUT2D eigenvalue weighted by Crippen LogP contribution is 2.29. The second kappa shape index (κ2) is 5.32. The van der Waals surface area contributed by atoms with Gasteiger partial charge >= 0.3 is 0 Å². The maximum atomic E-state index is 13.6. The van der Waals surface area contributed by atoms with Gasteiger partial charge in [-0.3, -0.25) is 0 Å². The van der Waals surface area contributed by atoms with Gasteiger partial charge in [0.25, 0.3) is 0 Å². The Morgan fingerprint density at radius 1 is 1.39 bits per heavy atom. The maximum Gasteiger partial charge on any atom is 0.183 e. The number of benzene rings is 1. The SMILES string of the molecule is CCOC1CC(Nc2ccc(C#N)c(F)c2F)C1. The minimum absolute atomic E-state index is 0.100. The van der Waals surface area contributed by atoms with Crippen molar-refractivity contribution in [2.45, 2.75) is 31.9 Å². The molecule has 0 amide bonds. The number of nitriles is 1. The molecular formula is C13H14F2N2O. The standard InChI is InChI=1S/C13H14F2N2O/c1-2-18-10-5-9(6-10)17-11-4-3-8(7-16)12(14)13(11)15/h3-4,9-10,17H,2,5-6H2,1H3. The molecule has 1 fully saturated rings. The van der Waals surface area contributed by atoms with Crippen LogP contribution >= 0.6 is 0 Å². The van der Waals surface area contributed by atoms with E-state index in [4.69, 9.17) is 10.00 Å². The quantitative estimate of drug-likeness (QED) is 0.896. The monoisotopic (exact) mass is 252 g/mol. The Kier molecular flexibility index (Phi) is 3.78. The smallest absolute Gasteiger partial charge is 0.183 e. The van der Waals surface area contributed by atoms with Crippen LogP contribution in [0.2, 0.25) is 0 Å². The normalized spacial score (nSPS) is 22.1.